The second-order valence-electron chi connectivity index (χ2n) is 6.96. The summed E-state index contributed by atoms with van der Waals surface area (Å²) in [5, 5.41) is 8.13. The van der Waals surface area contributed by atoms with Gasteiger partial charge in [0.2, 0.25) is 0 Å². The minimum atomic E-state index is -0.662. The van der Waals surface area contributed by atoms with Gasteiger partial charge in [-0.2, -0.15) is 0 Å². The summed E-state index contributed by atoms with van der Waals surface area (Å²) in [5.74, 6) is -0.915. The molecule has 0 spiro atoms. The molecule has 2 aromatic heterocycles. The quantitative estimate of drug-likeness (QED) is 0.671. The molecule has 0 radical (unpaired) electrons. The molecule has 1 aliphatic rings. The summed E-state index contributed by atoms with van der Waals surface area (Å²) in [6, 6.07) is 6.78. The van der Waals surface area contributed by atoms with E-state index in [9.17, 15) is 13.6 Å². The number of amides is 1. The maximum absolute atomic E-state index is 13.4. The van der Waals surface area contributed by atoms with E-state index < -0.39 is 17.7 Å². The summed E-state index contributed by atoms with van der Waals surface area (Å²) < 4.78 is 33.9. The molecule has 7 nitrogen and oxygen atoms in total. The SMILES string of the molecule is Cc1ccc(OC(=O)N2CCC(n3cc(-c4cc(F)cc(F)c4)nn3)CC2)cn1. The maximum Gasteiger partial charge on any atom is 0.415 e. The molecule has 9 heteroatoms. The first-order valence-electron chi connectivity index (χ1n) is 9.25. The number of benzene rings is 1. The van der Waals surface area contributed by atoms with Gasteiger partial charge in [-0.05, 0) is 44.0 Å². The van der Waals surface area contributed by atoms with Gasteiger partial charge in [0.15, 0.2) is 5.75 Å². The second kappa shape index (κ2) is 7.94. The van der Waals surface area contributed by atoms with Crippen LogP contribution in [0, 0.1) is 18.6 Å². The summed E-state index contributed by atoms with van der Waals surface area (Å²) in [6.45, 7) is 2.87. The van der Waals surface area contributed by atoms with Gasteiger partial charge >= 0.3 is 6.09 Å². The Morgan fingerprint density at radius 3 is 2.52 bits per heavy atom. The number of piperidine rings is 1. The molecule has 0 aliphatic carbocycles. The third-order valence-electron chi connectivity index (χ3n) is 4.85. The van der Waals surface area contributed by atoms with Crippen molar-refractivity contribution in [2.24, 2.45) is 0 Å². The molecule has 3 aromatic rings. The van der Waals surface area contributed by atoms with Gasteiger partial charge in [-0.25, -0.2) is 18.3 Å². The number of hydrogen-bond acceptors (Lipinski definition) is 5. The number of carbonyl (C=O) groups is 1. The van der Waals surface area contributed by atoms with E-state index >= 15 is 0 Å². The normalized spacial score (nSPS) is 14.8. The van der Waals surface area contributed by atoms with Crippen molar-refractivity contribution in [3.8, 4) is 17.0 Å². The van der Waals surface area contributed by atoms with Crippen LogP contribution in [-0.4, -0.2) is 44.1 Å². The molecule has 1 saturated heterocycles. The van der Waals surface area contributed by atoms with Crippen LogP contribution in [0.25, 0.3) is 11.3 Å². The van der Waals surface area contributed by atoms with Crippen molar-refractivity contribution in [2.45, 2.75) is 25.8 Å². The van der Waals surface area contributed by atoms with Crippen LogP contribution in [0.1, 0.15) is 24.6 Å². The number of rotatable bonds is 3. The average molecular weight is 399 g/mol. The van der Waals surface area contributed by atoms with E-state index in [1.165, 1.54) is 18.3 Å². The first-order chi connectivity index (χ1) is 14.0. The molecule has 1 amide bonds. The standard InChI is InChI=1S/C20H19F2N5O2/c1-13-2-3-18(11-23-13)29-20(28)26-6-4-17(5-7-26)27-12-19(24-25-27)14-8-15(21)10-16(22)9-14/h2-3,8-12,17H,4-7H2,1H3. The molecule has 29 heavy (non-hydrogen) atoms. The van der Waals surface area contributed by atoms with Crippen LogP contribution in [0.4, 0.5) is 13.6 Å². The van der Waals surface area contributed by atoms with E-state index in [0.29, 0.717) is 42.9 Å². The summed E-state index contributed by atoms with van der Waals surface area (Å²) in [5.41, 5.74) is 1.58. The minimum absolute atomic E-state index is 0.0414. The first kappa shape index (κ1) is 19.0. The maximum atomic E-state index is 13.4. The van der Waals surface area contributed by atoms with E-state index in [2.05, 4.69) is 15.3 Å². The summed E-state index contributed by atoms with van der Waals surface area (Å²) in [6.07, 6.45) is 4.11. The number of halogens is 2. The predicted octanol–water partition coefficient (Wildman–Crippen LogP) is 3.76. The van der Waals surface area contributed by atoms with E-state index in [4.69, 9.17) is 4.74 Å². The van der Waals surface area contributed by atoms with Gasteiger partial charge in [-0.1, -0.05) is 5.21 Å². The van der Waals surface area contributed by atoms with Crippen molar-refractivity contribution in [3.63, 3.8) is 0 Å². The lowest BCUT2D eigenvalue weighted by molar-refractivity contribution is 0.129. The predicted molar refractivity (Wildman–Crippen MR) is 100 cm³/mol. The molecule has 1 fully saturated rings. The van der Waals surface area contributed by atoms with E-state index in [-0.39, 0.29) is 6.04 Å². The fourth-order valence-electron chi connectivity index (χ4n) is 3.28. The highest BCUT2D eigenvalue weighted by atomic mass is 19.1. The number of carbonyl (C=O) groups excluding carboxylic acids is 1. The summed E-state index contributed by atoms with van der Waals surface area (Å²) in [7, 11) is 0. The lowest BCUT2D eigenvalue weighted by atomic mass is 10.1. The second-order valence-corrected chi connectivity index (χ2v) is 6.96. The van der Waals surface area contributed by atoms with Crippen LogP contribution in [0.15, 0.2) is 42.7 Å². The number of likely N-dealkylation sites (tertiary alicyclic amines) is 1. The third-order valence-corrected chi connectivity index (χ3v) is 4.85. The largest absolute Gasteiger partial charge is 0.415 e. The molecule has 1 aliphatic heterocycles. The van der Waals surface area contributed by atoms with Gasteiger partial charge in [0.25, 0.3) is 0 Å². The van der Waals surface area contributed by atoms with Gasteiger partial charge in [-0.3, -0.25) is 4.98 Å². The number of nitrogens with zero attached hydrogens (tertiary/aromatic N) is 5. The molecule has 0 N–H and O–H groups in total. The Balaban J connectivity index is 1.36. The van der Waals surface area contributed by atoms with Crippen LogP contribution in [0.2, 0.25) is 0 Å². The number of hydrogen-bond donors (Lipinski definition) is 0. The number of ether oxygens (including phenoxy) is 1. The first-order valence-corrected chi connectivity index (χ1v) is 9.25. The lowest BCUT2D eigenvalue weighted by Crippen LogP contribution is -2.40. The molecule has 0 atom stereocenters. The van der Waals surface area contributed by atoms with E-state index in [0.717, 1.165) is 11.8 Å². The van der Waals surface area contributed by atoms with Gasteiger partial charge in [0.1, 0.15) is 17.3 Å². The van der Waals surface area contributed by atoms with Gasteiger partial charge in [0.05, 0.1) is 18.4 Å². The molecular weight excluding hydrogens is 380 g/mol. The molecule has 150 valence electrons. The average Bonchev–Trinajstić information content (AvgIpc) is 3.19. The zero-order valence-electron chi connectivity index (χ0n) is 15.8. The minimum Gasteiger partial charge on any atom is -0.409 e. The van der Waals surface area contributed by atoms with Crippen LogP contribution in [-0.2, 0) is 0 Å². The van der Waals surface area contributed by atoms with Crippen molar-refractivity contribution in [1.29, 1.82) is 0 Å². The summed E-state index contributed by atoms with van der Waals surface area (Å²) >= 11 is 0. The number of pyridine rings is 1. The summed E-state index contributed by atoms with van der Waals surface area (Å²) in [4.78, 5) is 18.1. The number of aromatic nitrogens is 4. The van der Waals surface area contributed by atoms with Crippen molar-refractivity contribution < 1.29 is 18.3 Å². The molecule has 3 heterocycles. The molecule has 0 saturated carbocycles. The molecule has 4 rings (SSSR count). The van der Waals surface area contributed by atoms with E-state index in [1.807, 2.05) is 6.92 Å². The van der Waals surface area contributed by atoms with Crippen molar-refractivity contribution in [3.05, 3.63) is 60.1 Å². The molecule has 0 bridgehead atoms. The fourth-order valence-corrected chi connectivity index (χ4v) is 3.28. The topological polar surface area (TPSA) is 73.1 Å². The van der Waals surface area contributed by atoms with Crippen LogP contribution in [0.3, 0.4) is 0 Å². The highest BCUT2D eigenvalue weighted by Crippen LogP contribution is 2.25. The Labute approximate surface area is 165 Å². The monoisotopic (exact) mass is 399 g/mol. The lowest BCUT2D eigenvalue weighted by Gasteiger charge is -2.30. The van der Waals surface area contributed by atoms with Gasteiger partial charge in [0, 0.05) is 30.4 Å². The molecule has 1 aromatic carbocycles. The Hall–Kier alpha value is -3.36. The Morgan fingerprint density at radius 1 is 1.14 bits per heavy atom. The third kappa shape index (κ3) is 4.39. The van der Waals surface area contributed by atoms with Crippen molar-refractivity contribution >= 4 is 6.09 Å². The smallest absolute Gasteiger partial charge is 0.409 e. The van der Waals surface area contributed by atoms with Gasteiger partial charge < -0.3 is 9.64 Å². The van der Waals surface area contributed by atoms with Gasteiger partial charge in [-0.15, -0.1) is 5.10 Å². The van der Waals surface area contributed by atoms with Crippen LogP contribution in [0.5, 0.6) is 5.75 Å². The highest BCUT2D eigenvalue weighted by molar-refractivity contribution is 5.70. The zero-order valence-corrected chi connectivity index (χ0v) is 15.8. The van der Waals surface area contributed by atoms with Crippen molar-refractivity contribution in [1.82, 2.24) is 24.9 Å². The Morgan fingerprint density at radius 2 is 1.86 bits per heavy atom. The van der Waals surface area contributed by atoms with Crippen LogP contribution >= 0.6 is 0 Å². The van der Waals surface area contributed by atoms with Crippen LogP contribution < -0.4 is 4.74 Å². The fraction of sp³-hybridized carbons (Fsp3) is 0.300. The number of aryl methyl sites for hydroxylation is 1. The molecular formula is C20H19F2N5O2. The Kier molecular flexibility index (Phi) is 5.20. The van der Waals surface area contributed by atoms with Crippen molar-refractivity contribution in [2.75, 3.05) is 13.1 Å². The Bertz CT molecular complexity index is 994. The van der Waals surface area contributed by atoms with E-state index in [1.54, 1.807) is 27.9 Å². The highest BCUT2D eigenvalue weighted by Gasteiger charge is 2.26. The zero-order chi connectivity index (χ0) is 20.4. The molecule has 0 unspecified atom stereocenters.